The van der Waals surface area contributed by atoms with Gasteiger partial charge in [0, 0.05) is 19.2 Å². The van der Waals surface area contributed by atoms with Gasteiger partial charge in [0.05, 0.1) is 13.2 Å². The number of hydroxylamine groups is 1. The Kier molecular flexibility index (Phi) is 6.34. The van der Waals surface area contributed by atoms with E-state index in [0.29, 0.717) is 18.7 Å². The molecule has 4 N–H and O–H groups in total. The van der Waals surface area contributed by atoms with Gasteiger partial charge in [-0.2, -0.15) is 0 Å². The lowest BCUT2D eigenvalue weighted by molar-refractivity contribution is 0.00888. The third-order valence-corrected chi connectivity index (χ3v) is 2.24. The number of nitrogens with two attached hydrogens (primary N) is 1. The van der Waals surface area contributed by atoms with Crippen molar-refractivity contribution in [1.29, 1.82) is 0 Å². The molecular formula is C12H17N3O4. The summed E-state index contributed by atoms with van der Waals surface area (Å²) in [5.41, 5.74) is 8.55. The summed E-state index contributed by atoms with van der Waals surface area (Å²) in [6.07, 6.45) is 0. The third-order valence-electron chi connectivity index (χ3n) is 2.24. The molecule has 0 spiro atoms. The van der Waals surface area contributed by atoms with Crippen LogP contribution in [0.4, 0.5) is 4.79 Å². The predicted octanol–water partition coefficient (Wildman–Crippen LogP) is 0.163. The molecule has 0 bridgehead atoms. The molecule has 0 aromatic heterocycles. The van der Waals surface area contributed by atoms with E-state index < -0.39 is 6.03 Å². The van der Waals surface area contributed by atoms with Crippen molar-refractivity contribution in [2.24, 2.45) is 5.73 Å². The Balaban J connectivity index is 2.42. The molecule has 0 aliphatic rings. The van der Waals surface area contributed by atoms with Crippen LogP contribution in [0.1, 0.15) is 15.9 Å². The second-order valence-electron chi connectivity index (χ2n) is 3.69. The van der Waals surface area contributed by atoms with E-state index in [1.807, 2.05) is 0 Å². The molecule has 1 rings (SSSR count). The molecule has 0 saturated carbocycles. The van der Waals surface area contributed by atoms with Crippen LogP contribution in [0, 0.1) is 0 Å². The van der Waals surface area contributed by atoms with E-state index in [1.54, 1.807) is 31.4 Å². The maximum absolute atomic E-state index is 11.6. The van der Waals surface area contributed by atoms with Gasteiger partial charge in [-0.15, -0.1) is 0 Å². The molecule has 0 heterocycles. The van der Waals surface area contributed by atoms with E-state index in [2.05, 4.69) is 10.8 Å². The van der Waals surface area contributed by atoms with Crippen molar-refractivity contribution in [2.45, 2.75) is 6.54 Å². The molecule has 0 unspecified atom stereocenters. The van der Waals surface area contributed by atoms with Gasteiger partial charge in [-0.25, -0.2) is 10.3 Å². The highest BCUT2D eigenvalue weighted by atomic mass is 16.7. The number of benzene rings is 1. The second-order valence-corrected chi connectivity index (χ2v) is 3.69. The number of carbonyl (C=O) groups excluding carboxylic acids is 2. The molecule has 19 heavy (non-hydrogen) atoms. The first-order chi connectivity index (χ1) is 9.13. The van der Waals surface area contributed by atoms with E-state index in [1.165, 1.54) is 0 Å². The smallest absolute Gasteiger partial charge is 0.312 e. The number of nitrogens with one attached hydrogen (secondary N) is 2. The molecule has 0 atom stereocenters. The monoisotopic (exact) mass is 267 g/mol. The van der Waals surface area contributed by atoms with Crippen LogP contribution in [0.5, 0.6) is 0 Å². The normalized spacial score (nSPS) is 9.95. The first kappa shape index (κ1) is 14.9. The highest BCUT2D eigenvalue weighted by molar-refractivity contribution is 5.93. The maximum Gasteiger partial charge on any atom is 0.312 e. The molecule has 1 aromatic carbocycles. The lowest BCUT2D eigenvalue weighted by Gasteiger charge is -2.06. The number of urea groups is 1. The van der Waals surface area contributed by atoms with Crippen molar-refractivity contribution in [3.05, 3.63) is 35.4 Å². The first-order valence-corrected chi connectivity index (χ1v) is 5.67. The van der Waals surface area contributed by atoms with E-state index in [9.17, 15) is 9.59 Å². The van der Waals surface area contributed by atoms with Crippen molar-refractivity contribution in [3.8, 4) is 0 Å². The standard InChI is InChI=1S/C12H17N3O4/c1-18-6-7-19-15-11(16)10-4-2-9(3-5-10)8-14-12(13)17/h2-5H,6-8H2,1H3,(H,15,16)(H3,13,14,17). The highest BCUT2D eigenvalue weighted by Crippen LogP contribution is 2.04. The fraction of sp³-hybridized carbons (Fsp3) is 0.333. The summed E-state index contributed by atoms with van der Waals surface area (Å²) in [6.45, 7) is 1.00. The average molecular weight is 267 g/mol. The van der Waals surface area contributed by atoms with Crippen LogP contribution >= 0.6 is 0 Å². The molecule has 3 amide bonds. The minimum absolute atomic E-state index is 0.281. The van der Waals surface area contributed by atoms with Gasteiger partial charge < -0.3 is 15.8 Å². The van der Waals surface area contributed by atoms with Gasteiger partial charge in [0.1, 0.15) is 0 Å². The van der Waals surface area contributed by atoms with Gasteiger partial charge in [-0.1, -0.05) is 12.1 Å². The van der Waals surface area contributed by atoms with Crippen molar-refractivity contribution in [3.63, 3.8) is 0 Å². The van der Waals surface area contributed by atoms with Crippen LogP contribution in [-0.2, 0) is 16.1 Å². The molecule has 0 aliphatic heterocycles. The van der Waals surface area contributed by atoms with E-state index >= 15 is 0 Å². The fourth-order valence-electron chi connectivity index (χ4n) is 1.26. The van der Waals surface area contributed by atoms with E-state index in [-0.39, 0.29) is 12.5 Å². The summed E-state index contributed by atoms with van der Waals surface area (Å²) < 4.78 is 4.77. The Morgan fingerprint density at radius 2 is 1.89 bits per heavy atom. The Bertz CT molecular complexity index is 419. The molecule has 104 valence electrons. The fourth-order valence-corrected chi connectivity index (χ4v) is 1.26. The number of carbonyl (C=O) groups is 2. The molecule has 7 nitrogen and oxygen atoms in total. The van der Waals surface area contributed by atoms with E-state index in [0.717, 1.165) is 5.56 Å². The average Bonchev–Trinajstić information content (AvgIpc) is 2.41. The van der Waals surface area contributed by atoms with Gasteiger partial charge in [0.15, 0.2) is 0 Å². The van der Waals surface area contributed by atoms with Crippen LogP contribution in [0.15, 0.2) is 24.3 Å². The molecule has 0 aliphatic carbocycles. The predicted molar refractivity (Wildman–Crippen MR) is 68.2 cm³/mol. The highest BCUT2D eigenvalue weighted by Gasteiger charge is 2.05. The summed E-state index contributed by atoms with van der Waals surface area (Å²) >= 11 is 0. The third kappa shape index (κ3) is 5.84. The van der Waals surface area contributed by atoms with Gasteiger partial charge in [-0.05, 0) is 17.7 Å². The summed E-state index contributed by atoms with van der Waals surface area (Å²) in [6, 6.07) is 6.12. The molecule has 7 heteroatoms. The number of rotatable bonds is 7. The number of primary amides is 1. The van der Waals surface area contributed by atoms with Gasteiger partial charge >= 0.3 is 6.03 Å². The Hall–Kier alpha value is -2.12. The van der Waals surface area contributed by atoms with Crippen molar-refractivity contribution < 1.29 is 19.2 Å². The van der Waals surface area contributed by atoms with Crippen LogP contribution in [0.3, 0.4) is 0 Å². The summed E-state index contributed by atoms with van der Waals surface area (Å²) in [4.78, 5) is 27.1. The lowest BCUT2D eigenvalue weighted by Crippen LogP contribution is -2.28. The molecule has 1 aromatic rings. The van der Waals surface area contributed by atoms with Crippen LogP contribution in [-0.4, -0.2) is 32.3 Å². The van der Waals surface area contributed by atoms with Crippen LogP contribution in [0.2, 0.25) is 0 Å². The minimum Gasteiger partial charge on any atom is -0.382 e. The minimum atomic E-state index is -0.589. The second kappa shape index (κ2) is 8.06. The van der Waals surface area contributed by atoms with Crippen molar-refractivity contribution in [2.75, 3.05) is 20.3 Å². The Morgan fingerprint density at radius 3 is 2.47 bits per heavy atom. The van der Waals surface area contributed by atoms with E-state index in [4.69, 9.17) is 15.3 Å². The first-order valence-electron chi connectivity index (χ1n) is 5.67. The quantitative estimate of drug-likeness (QED) is 0.483. The van der Waals surface area contributed by atoms with Crippen LogP contribution in [0.25, 0.3) is 0 Å². The number of methoxy groups -OCH3 is 1. The summed E-state index contributed by atoms with van der Waals surface area (Å²) in [5, 5.41) is 2.46. The SMILES string of the molecule is COCCONC(=O)c1ccc(CNC(N)=O)cc1. The van der Waals surface area contributed by atoms with Crippen molar-refractivity contribution in [1.82, 2.24) is 10.8 Å². The summed E-state index contributed by atoms with van der Waals surface area (Å²) in [7, 11) is 1.55. The van der Waals surface area contributed by atoms with Crippen molar-refractivity contribution >= 4 is 11.9 Å². The maximum atomic E-state index is 11.6. The number of hydrogen-bond donors (Lipinski definition) is 3. The Labute approximate surface area is 111 Å². The zero-order valence-electron chi connectivity index (χ0n) is 10.6. The molecular weight excluding hydrogens is 250 g/mol. The van der Waals surface area contributed by atoms with Crippen LogP contribution < -0.4 is 16.5 Å². The largest absolute Gasteiger partial charge is 0.382 e. The molecule has 0 fully saturated rings. The zero-order valence-corrected chi connectivity index (χ0v) is 10.6. The molecule has 0 saturated heterocycles. The number of hydrogen-bond acceptors (Lipinski definition) is 4. The molecule has 0 radical (unpaired) electrons. The topological polar surface area (TPSA) is 103 Å². The van der Waals surface area contributed by atoms with Gasteiger partial charge in [-0.3, -0.25) is 9.63 Å². The van der Waals surface area contributed by atoms with Gasteiger partial charge in [0.25, 0.3) is 5.91 Å². The Morgan fingerprint density at radius 1 is 1.21 bits per heavy atom. The number of ether oxygens (including phenoxy) is 1. The lowest BCUT2D eigenvalue weighted by atomic mass is 10.1. The number of amides is 3. The zero-order chi connectivity index (χ0) is 14.1. The van der Waals surface area contributed by atoms with Gasteiger partial charge in [0.2, 0.25) is 0 Å². The summed E-state index contributed by atoms with van der Waals surface area (Å²) in [5.74, 6) is -0.342.